The minimum absolute atomic E-state index is 0.796. The van der Waals surface area contributed by atoms with Gasteiger partial charge in [-0.2, -0.15) is 15.4 Å². The van der Waals surface area contributed by atoms with Crippen molar-refractivity contribution >= 4 is 12.2 Å². The van der Waals surface area contributed by atoms with Crippen molar-refractivity contribution in [3.8, 4) is 0 Å². The molecule has 0 spiro atoms. The Balaban J connectivity index is 1.60. The van der Waals surface area contributed by atoms with Crippen LogP contribution in [0.5, 0.6) is 0 Å². The molecule has 1 aliphatic heterocycles. The second-order valence-corrected chi connectivity index (χ2v) is 4.81. The van der Waals surface area contributed by atoms with E-state index in [2.05, 4.69) is 38.3 Å². The van der Waals surface area contributed by atoms with Gasteiger partial charge in [-0.3, -0.25) is 0 Å². The fourth-order valence-electron chi connectivity index (χ4n) is 2.30. The monoisotopic (exact) mass is 261 g/mol. The summed E-state index contributed by atoms with van der Waals surface area (Å²) in [6.07, 6.45) is 9.85. The van der Waals surface area contributed by atoms with E-state index in [1.807, 2.05) is 6.08 Å². The lowest BCUT2D eigenvalue weighted by molar-refractivity contribution is 0.230. The molecule has 1 fully saturated rings. The van der Waals surface area contributed by atoms with E-state index in [1.165, 1.54) is 32.4 Å². The molecule has 19 heavy (non-hydrogen) atoms. The lowest BCUT2D eigenvalue weighted by atomic mass is 10.1. The minimum Gasteiger partial charge on any atom is -0.312 e. The maximum absolute atomic E-state index is 4.05. The minimum atomic E-state index is 0.796. The molecule has 5 heteroatoms. The van der Waals surface area contributed by atoms with Crippen LogP contribution in [0.2, 0.25) is 0 Å². The fourth-order valence-corrected chi connectivity index (χ4v) is 2.30. The molecule has 0 aliphatic carbocycles. The maximum atomic E-state index is 4.05. The number of piperidine rings is 1. The van der Waals surface area contributed by atoms with Crippen molar-refractivity contribution in [1.29, 1.82) is 0 Å². The van der Waals surface area contributed by atoms with E-state index in [0.717, 1.165) is 31.0 Å². The lowest BCUT2D eigenvalue weighted by Gasteiger charge is -2.26. The Morgan fingerprint density at radius 1 is 1.21 bits per heavy atom. The Morgan fingerprint density at radius 3 is 2.79 bits per heavy atom. The second kappa shape index (κ2) is 7.86. The molecule has 2 heterocycles. The van der Waals surface area contributed by atoms with Gasteiger partial charge in [0.05, 0.1) is 0 Å². The van der Waals surface area contributed by atoms with Crippen molar-refractivity contribution < 1.29 is 0 Å². The molecule has 1 aromatic heterocycles. The molecule has 0 saturated carbocycles. The summed E-state index contributed by atoms with van der Waals surface area (Å²) in [5, 5.41) is 14.0. The van der Waals surface area contributed by atoms with Crippen LogP contribution < -0.4 is 5.32 Å². The van der Waals surface area contributed by atoms with Gasteiger partial charge in [0, 0.05) is 19.6 Å². The third-order valence-electron chi connectivity index (χ3n) is 3.39. The first-order valence-electron chi connectivity index (χ1n) is 7.03. The van der Waals surface area contributed by atoms with Crippen molar-refractivity contribution in [2.24, 2.45) is 0 Å². The summed E-state index contributed by atoms with van der Waals surface area (Å²) >= 11 is 0. The fraction of sp³-hybridized carbons (Fsp3) is 0.571. The highest BCUT2D eigenvalue weighted by Crippen LogP contribution is 2.07. The molecule has 1 saturated heterocycles. The van der Waals surface area contributed by atoms with E-state index in [9.17, 15) is 0 Å². The van der Waals surface area contributed by atoms with Crippen LogP contribution >= 0.6 is 0 Å². The van der Waals surface area contributed by atoms with Gasteiger partial charge in [0.15, 0.2) is 0 Å². The molecule has 0 atom stereocenters. The van der Waals surface area contributed by atoms with E-state index >= 15 is 0 Å². The molecule has 0 amide bonds. The van der Waals surface area contributed by atoms with Crippen LogP contribution in [0.1, 0.15) is 30.7 Å². The Morgan fingerprint density at radius 2 is 2.00 bits per heavy atom. The highest BCUT2D eigenvalue weighted by atomic mass is 15.3. The third kappa shape index (κ3) is 4.61. The van der Waals surface area contributed by atoms with Gasteiger partial charge >= 0.3 is 0 Å². The van der Waals surface area contributed by atoms with Gasteiger partial charge in [-0.1, -0.05) is 19.1 Å². The third-order valence-corrected chi connectivity index (χ3v) is 3.39. The highest BCUT2D eigenvalue weighted by Gasteiger charge is 2.08. The smallest absolute Gasteiger partial charge is 0.112 e. The number of rotatable bonds is 7. The zero-order valence-corrected chi connectivity index (χ0v) is 11.4. The van der Waals surface area contributed by atoms with Crippen LogP contribution in [0.15, 0.2) is 12.7 Å². The largest absolute Gasteiger partial charge is 0.312 e. The molecule has 0 aromatic carbocycles. The molecule has 0 bridgehead atoms. The van der Waals surface area contributed by atoms with Crippen LogP contribution in [0, 0.1) is 0 Å². The molecule has 1 aliphatic rings. The van der Waals surface area contributed by atoms with Gasteiger partial charge in [0.2, 0.25) is 0 Å². The van der Waals surface area contributed by atoms with E-state index in [1.54, 1.807) is 6.08 Å². The topological polar surface area (TPSA) is 56.8 Å². The summed E-state index contributed by atoms with van der Waals surface area (Å²) in [5.41, 5.74) is 1.64. The number of likely N-dealkylation sites (tertiary alicyclic amines) is 1. The number of nitrogens with one attached hydrogen (secondary N) is 2. The summed E-state index contributed by atoms with van der Waals surface area (Å²) in [4.78, 5) is 2.54. The van der Waals surface area contributed by atoms with Gasteiger partial charge in [0.1, 0.15) is 11.4 Å². The molecule has 2 N–H and O–H groups in total. The Bertz CT molecular complexity index is 404. The predicted octanol–water partition coefficient (Wildman–Crippen LogP) is 1.54. The Labute approximate surface area is 114 Å². The van der Waals surface area contributed by atoms with Gasteiger partial charge in [-0.25, -0.2) is 0 Å². The molecular formula is C14H23N5. The molecule has 5 nitrogen and oxygen atoms in total. The highest BCUT2D eigenvalue weighted by molar-refractivity contribution is 5.57. The van der Waals surface area contributed by atoms with E-state index < -0.39 is 0 Å². The zero-order valence-electron chi connectivity index (χ0n) is 11.4. The number of nitrogens with zero attached hydrogens (tertiary/aromatic N) is 3. The average molecular weight is 261 g/mol. The zero-order chi connectivity index (χ0) is 13.3. The van der Waals surface area contributed by atoms with Crippen LogP contribution in [0.3, 0.4) is 0 Å². The standard InChI is InChI=1S/C14H23N5/c1-2-13-14(17-18-16-13)7-6-8-15-9-12-19-10-4-3-5-11-19/h2,6-7,15H,1,3-5,8-12H2,(H,16,17,18)/b7-6+. The van der Waals surface area contributed by atoms with Crippen LogP contribution in [-0.2, 0) is 0 Å². The number of aromatic nitrogens is 3. The van der Waals surface area contributed by atoms with Gasteiger partial charge in [0.25, 0.3) is 0 Å². The molecular weight excluding hydrogens is 238 g/mol. The SMILES string of the molecule is C=Cc1n[nH]nc1/C=C/CNCCN1CCCCC1. The van der Waals surface area contributed by atoms with E-state index in [0.29, 0.717) is 0 Å². The first-order chi connectivity index (χ1) is 9.40. The molecule has 1 aromatic rings. The number of H-pyrrole nitrogens is 1. The first kappa shape index (κ1) is 14.0. The lowest BCUT2D eigenvalue weighted by Crippen LogP contribution is -2.35. The number of hydrogen-bond donors (Lipinski definition) is 2. The summed E-state index contributed by atoms with van der Waals surface area (Å²) in [7, 11) is 0. The summed E-state index contributed by atoms with van der Waals surface area (Å²) in [6, 6.07) is 0. The quantitative estimate of drug-likeness (QED) is 0.731. The summed E-state index contributed by atoms with van der Waals surface area (Å²) < 4.78 is 0. The predicted molar refractivity (Wildman–Crippen MR) is 78.7 cm³/mol. The normalized spacial score (nSPS) is 17.1. The molecule has 2 rings (SSSR count). The van der Waals surface area contributed by atoms with E-state index in [-0.39, 0.29) is 0 Å². The van der Waals surface area contributed by atoms with Crippen LogP contribution in [-0.4, -0.2) is 53.0 Å². The molecule has 0 radical (unpaired) electrons. The van der Waals surface area contributed by atoms with Crippen LogP contribution in [0.25, 0.3) is 12.2 Å². The molecule has 0 unspecified atom stereocenters. The van der Waals surface area contributed by atoms with E-state index in [4.69, 9.17) is 0 Å². The number of hydrogen-bond acceptors (Lipinski definition) is 4. The molecule has 104 valence electrons. The van der Waals surface area contributed by atoms with Crippen molar-refractivity contribution in [2.75, 3.05) is 32.7 Å². The average Bonchev–Trinajstić information content (AvgIpc) is 2.91. The van der Waals surface area contributed by atoms with Gasteiger partial charge in [-0.05, 0) is 38.1 Å². The summed E-state index contributed by atoms with van der Waals surface area (Å²) in [5.74, 6) is 0. The maximum Gasteiger partial charge on any atom is 0.112 e. The van der Waals surface area contributed by atoms with Crippen molar-refractivity contribution in [1.82, 2.24) is 25.6 Å². The Kier molecular flexibility index (Phi) is 5.78. The first-order valence-corrected chi connectivity index (χ1v) is 7.03. The summed E-state index contributed by atoms with van der Waals surface area (Å²) in [6.45, 7) is 9.27. The van der Waals surface area contributed by atoms with Crippen molar-refractivity contribution in [3.63, 3.8) is 0 Å². The van der Waals surface area contributed by atoms with Gasteiger partial charge < -0.3 is 10.2 Å². The van der Waals surface area contributed by atoms with Crippen LogP contribution in [0.4, 0.5) is 0 Å². The second-order valence-electron chi connectivity index (χ2n) is 4.81. The number of aromatic amines is 1. The van der Waals surface area contributed by atoms with Crippen molar-refractivity contribution in [2.45, 2.75) is 19.3 Å². The Hall–Kier alpha value is -1.46. The van der Waals surface area contributed by atoms with Crippen molar-refractivity contribution in [3.05, 3.63) is 24.0 Å². The van der Waals surface area contributed by atoms with Gasteiger partial charge in [-0.15, -0.1) is 0 Å².